The van der Waals surface area contributed by atoms with Crippen molar-refractivity contribution in [3.05, 3.63) is 29.8 Å². The van der Waals surface area contributed by atoms with Crippen LogP contribution in [0, 0.1) is 0 Å². The highest BCUT2D eigenvalue weighted by Crippen LogP contribution is 2.11. The van der Waals surface area contributed by atoms with E-state index in [9.17, 15) is 9.90 Å². The van der Waals surface area contributed by atoms with Gasteiger partial charge in [0.15, 0.2) is 5.96 Å². The Morgan fingerprint density at radius 1 is 1.56 bits per heavy atom. The monoisotopic (exact) mass is 249 g/mol. The number of carboxylic acid groups (broad SMARTS) is 1. The van der Waals surface area contributed by atoms with Crippen molar-refractivity contribution in [1.82, 2.24) is 5.32 Å². The zero-order valence-corrected chi connectivity index (χ0v) is 9.76. The molecule has 0 fully saturated rings. The smallest absolute Gasteiger partial charge is 0.307 e. The first-order valence-electron chi connectivity index (χ1n) is 5.67. The van der Waals surface area contributed by atoms with Crippen LogP contribution in [0.3, 0.4) is 0 Å². The topological polar surface area (TPSA) is 94.0 Å². The molecule has 0 saturated carbocycles. The zero-order valence-electron chi connectivity index (χ0n) is 9.76. The number of aliphatic carboxylic acids is 1. The molecule has 0 amide bonds. The summed E-state index contributed by atoms with van der Waals surface area (Å²) in [4.78, 5) is 14.7. The van der Waals surface area contributed by atoms with Crippen molar-refractivity contribution in [1.29, 1.82) is 0 Å². The molecule has 0 spiro atoms. The van der Waals surface area contributed by atoms with Crippen molar-refractivity contribution >= 4 is 17.6 Å². The number of hydrogen-bond acceptors (Lipinski definition) is 5. The highest BCUT2D eigenvalue weighted by Gasteiger charge is 2.11. The Morgan fingerprint density at radius 2 is 2.39 bits per heavy atom. The Morgan fingerprint density at radius 3 is 3.06 bits per heavy atom. The van der Waals surface area contributed by atoms with E-state index >= 15 is 0 Å². The Kier molecular flexibility index (Phi) is 3.78. The molecule has 0 aromatic heterocycles. The summed E-state index contributed by atoms with van der Waals surface area (Å²) >= 11 is 0. The lowest BCUT2D eigenvalue weighted by Crippen LogP contribution is -2.42. The van der Waals surface area contributed by atoms with E-state index in [-0.39, 0.29) is 6.42 Å². The van der Waals surface area contributed by atoms with Crippen LogP contribution >= 0.6 is 0 Å². The highest BCUT2D eigenvalue weighted by atomic mass is 16.4. The van der Waals surface area contributed by atoms with Crippen LogP contribution in [0.2, 0.25) is 0 Å². The number of hydrogen-bond donors (Lipinski definition) is 4. The van der Waals surface area contributed by atoms with Gasteiger partial charge in [-0.15, -0.1) is 0 Å². The molecule has 1 unspecified atom stereocenters. The first-order chi connectivity index (χ1) is 8.63. The van der Waals surface area contributed by atoms with Gasteiger partial charge in [0.1, 0.15) is 0 Å². The van der Waals surface area contributed by atoms with Crippen LogP contribution in [0.25, 0.3) is 0 Å². The number of carboxylic acids is 1. The van der Waals surface area contributed by atoms with Crippen LogP contribution in [0.4, 0.5) is 5.69 Å². The summed E-state index contributed by atoms with van der Waals surface area (Å²) in [6.45, 7) is 0.824. The normalized spacial score (nSPS) is 18.7. The quantitative estimate of drug-likeness (QED) is 0.607. The number of nitrogens with one attached hydrogen (secondary N) is 2. The summed E-state index contributed by atoms with van der Waals surface area (Å²) in [5.74, 6) is -0.267. The van der Waals surface area contributed by atoms with Crippen molar-refractivity contribution in [2.45, 2.75) is 12.5 Å². The van der Waals surface area contributed by atoms with Gasteiger partial charge in [-0.2, -0.15) is 0 Å². The van der Waals surface area contributed by atoms with Crippen LogP contribution in [0.5, 0.6) is 0 Å². The van der Waals surface area contributed by atoms with Crippen molar-refractivity contribution in [2.75, 3.05) is 18.4 Å². The number of rotatable bonds is 3. The molecule has 1 aromatic rings. The maximum absolute atomic E-state index is 10.6. The summed E-state index contributed by atoms with van der Waals surface area (Å²) < 4.78 is 0. The minimum Gasteiger partial charge on any atom is -0.481 e. The molecule has 1 aliphatic heterocycles. The number of aliphatic hydroxyl groups excluding tert-OH is 1. The van der Waals surface area contributed by atoms with Crippen LogP contribution in [-0.2, 0) is 11.2 Å². The summed E-state index contributed by atoms with van der Waals surface area (Å²) in [6.07, 6.45) is -0.456. The number of carbonyl (C=O) groups is 1. The first-order valence-corrected chi connectivity index (χ1v) is 5.67. The summed E-state index contributed by atoms with van der Waals surface area (Å²) in [6, 6.07) is 7.15. The molecule has 0 saturated heterocycles. The van der Waals surface area contributed by atoms with E-state index in [4.69, 9.17) is 5.11 Å². The molecule has 1 aromatic carbocycles. The van der Waals surface area contributed by atoms with Gasteiger partial charge < -0.3 is 20.8 Å². The van der Waals surface area contributed by atoms with Gasteiger partial charge in [0.2, 0.25) is 0 Å². The van der Waals surface area contributed by atoms with Gasteiger partial charge in [0.25, 0.3) is 0 Å². The van der Waals surface area contributed by atoms with Crippen LogP contribution < -0.4 is 10.6 Å². The van der Waals surface area contributed by atoms with E-state index in [1.165, 1.54) is 0 Å². The van der Waals surface area contributed by atoms with Crippen molar-refractivity contribution in [3.8, 4) is 0 Å². The predicted octanol–water partition coefficient (Wildman–Crippen LogP) is 0.0457. The molecule has 6 heteroatoms. The molecule has 0 bridgehead atoms. The largest absolute Gasteiger partial charge is 0.481 e. The summed E-state index contributed by atoms with van der Waals surface area (Å²) in [7, 11) is 0. The third kappa shape index (κ3) is 3.46. The molecular formula is C12H15N3O3. The second-order valence-electron chi connectivity index (χ2n) is 4.12. The fourth-order valence-corrected chi connectivity index (χ4v) is 1.69. The van der Waals surface area contributed by atoms with Gasteiger partial charge in [-0.3, -0.25) is 9.79 Å². The minimum absolute atomic E-state index is 0.00581. The van der Waals surface area contributed by atoms with Gasteiger partial charge in [0, 0.05) is 12.2 Å². The fourth-order valence-electron chi connectivity index (χ4n) is 1.69. The lowest BCUT2D eigenvalue weighted by molar-refractivity contribution is -0.136. The molecule has 0 radical (unpaired) electrons. The van der Waals surface area contributed by atoms with Crippen LogP contribution in [-0.4, -0.2) is 41.3 Å². The van der Waals surface area contributed by atoms with Gasteiger partial charge in [-0.25, -0.2) is 0 Å². The van der Waals surface area contributed by atoms with Gasteiger partial charge in [0.05, 0.1) is 19.1 Å². The van der Waals surface area contributed by atoms with Crippen LogP contribution in [0.15, 0.2) is 29.3 Å². The Balaban J connectivity index is 2.03. The Labute approximate surface area is 104 Å². The number of guanidine groups is 1. The van der Waals surface area contributed by atoms with Gasteiger partial charge >= 0.3 is 5.97 Å². The lowest BCUT2D eigenvalue weighted by atomic mass is 10.1. The number of aliphatic imine (C=N–C) groups is 1. The molecule has 2 rings (SSSR count). The Hall–Kier alpha value is -2.08. The van der Waals surface area contributed by atoms with E-state index in [1.807, 2.05) is 6.07 Å². The number of anilines is 1. The van der Waals surface area contributed by atoms with Crippen molar-refractivity contribution in [3.63, 3.8) is 0 Å². The van der Waals surface area contributed by atoms with E-state index < -0.39 is 12.1 Å². The molecule has 1 aliphatic rings. The van der Waals surface area contributed by atoms with Crippen molar-refractivity contribution < 1.29 is 15.0 Å². The fraction of sp³-hybridized carbons (Fsp3) is 0.333. The van der Waals surface area contributed by atoms with E-state index in [2.05, 4.69) is 15.6 Å². The van der Waals surface area contributed by atoms with E-state index in [1.54, 1.807) is 18.2 Å². The zero-order chi connectivity index (χ0) is 13.0. The third-order valence-corrected chi connectivity index (χ3v) is 2.51. The predicted molar refractivity (Wildman–Crippen MR) is 67.7 cm³/mol. The molecule has 96 valence electrons. The second kappa shape index (κ2) is 5.50. The standard InChI is InChI=1S/C12H15N3O3/c16-10-6-13-12(14-7-10)15-9-3-1-2-8(4-9)5-11(17)18/h1-4,10,16H,5-7H2,(H,17,18)(H2,13,14,15). The summed E-state index contributed by atoms with van der Waals surface area (Å²) in [5.41, 5.74) is 1.50. The lowest BCUT2D eigenvalue weighted by Gasteiger charge is -2.20. The molecule has 1 atom stereocenters. The molecule has 6 nitrogen and oxygen atoms in total. The number of nitrogens with zero attached hydrogens (tertiary/aromatic N) is 1. The maximum Gasteiger partial charge on any atom is 0.307 e. The molecule has 4 N–H and O–H groups in total. The average molecular weight is 249 g/mol. The Bertz CT molecular complexity index is 473. The van der Waals surface area contributed by atoms with E-state index in [0.29, 0.717) is 19.0 Å². The third-order valence-electron chi connectivity index (χ3n) is 2.51. The minimum atomic E-state index is -0.858. The highest BCUT2D eigenvalue weighted by molar-refractivity contribution is 5.94. The number of β-amino-alcohol motifs (C(OH)–C–C–N with tert-alkyl or cyclic N) is 1. The van der Waals surface area contributed by atoms with Gasteiger partial charge in [-0.05, 0) is 17.7 Å². The van der Waals surface area contributed by atoms with Gasteiger partial charge in [-0.1, -0.05) is 12.1 Å². The second-order valence-corrected chi connectivity index (χ2v) is 4.12. The number of aliphatic hydroxyl groups is 1. The molecule has 0 aliphatic carbocycles. The first kappa shape index (κ1) is 12.4. The van der Waals surface area contributed by atoms with Crippen LogP contribution in [0.1, 0.15) is 5.56 Å². The average Bonchev–Trinajstić information content (AvgIpc) is 2.32. The number of benzene rings is 1. The maximum atomic E-state index is 10.6. The van der Waals surface area contributed by atoms with Crippen molar-refractivity contribution in [2.24, 2.45) is 4.99 Å². The molecule has 1 heterocycles. The molecule has 18 heavy (non-hydrogen) atoms. The van der Waals surface area contributed by atoms with E-state index in [0.717, 1.165) is 11.3 Å². The molecular weight excluding hydrogens is 234 g/mol. The summed E-state index contributed by atoms with van der Waals surface area (Å²) in [5, 5.41) is 24.0. The SMILES string of the molecule is O=C(O)Cc1cccc(NC2=NCC(O)CN2)c1.